The number of amides is 1. The van der Waals surface area contributed by atoms with E-state index in [1.807, 2.05) is 17.8 Å². The molecule has 0 aliphatic carbocycles. The van der Waals surface area contributed by atoms with Crippen LogP contribution in [0.4, 0.5) is 5.69 Å². The van der Waals surface area contributed by atoms with Gasteiger partial charge in [0.1, 0.15) is 0 Å². The van der Waals surface area contributed by atoms with E-state index in [1.165, 1.54) is 0 Å². The smallest absolute Gasteiger partial charge is 0.253 e. The third kappa shape index (κ3) is 4.78. The lowest BCUT2D eigenvalue weighted by Gasteiger charge is -2.10. The number of thioether (sulfide) groups is 1. The van der Waals surface area contributed by atoms with Crippen molar-refractivity contribution in [3.8, 4) is 0 Å². The van der Waals surface area contributed by atoms with Crippen molar-refractivity contribution in [2.24, 2.45) is 0 Å². The summed E-state index contributed by atoms with van der Waals surface area (Å²) >= 11 is 7.73. The van der Waals surface area contributed by atoms with Crippen LogP contribution in [-0.2, 0) is 0 Å². The molecule has 0 radical (unpaired) electrons. The Kier molecular flexibility index (Phi) is 6.98. The Labute approximate surface area is 118 Å². The Hall–Kier alpha value is -0.870. The quantitative estimate of drug-likeness (QED) is 0.756. The Bertz CT molecular complexity index is 399. The van der Waals surface area contributed by atoms with Gasteiger partial charge in [-0.05, 0) is 43.0 Å². The molecular weight excluding hydrogens is 268 g/mol. The number of hydrogen-bond donors (Lipinski definition) is 2. The number of hydrogen-bond acceptors (Lipinski definition) is 3. The largest absolute Gasteiger partial charge is 0.387 e. The molecule has 5 heteroatoms. The first kappa shape index (κ1) is 15.2. The van der Waals surface area contributed by atoms with E-state index in [4.69, 9.17) is 11.6 Å². The predicted molar refractivity (Wildman–Crippen MR) is 80.9 cm³/mol. The van der Waals surface area contributed by atoms with E-state index in [2.05, 4.69) is 16.9 Å². The Balaban J connectivity index is 2.52. The second-order valence-electron chi connectivity index (χ2n) is 3.90. The van der Waals surface area contributed by atoms with Gasteiger partial charge in [-0.3, -0.25) is 4.79 Å². The summed E-state index contributed by atoms with van der Waals surface area (Å²) in [5.41, 5.74) is 1.39. The van der Waals surface area contributed by atoms with Gasteiger partial charge in [-0.25, -0.2) is 0 Å². The normalized spacial score (nSPS) is 10.2. The van der Waals surface area contributed by atoms with Crippen LogP contribution in [0, 0.1) is 0 Å². The van der Waals surface area contributed by atoms with Crippen molar-refractivity contribution in [3.63, 3.8) is 0 Å². The minimum absolute atomic E-state index is 0.0778. The van der Waals surface area contributed by atoms with E-state index in [0.717, 1.165) is 24.3 Å². The van der Waals surface area contributed by atoms with E-state index in [1.54, 1.807) is 19.2 Å². The zero-order valence-corrected chi connectivity index (χ0v) is 12.3. The molecule has 0 aliphatic rings. The van der Waals surface area contributed by atoms with E-state index in [0.29, 0.717) is 17.1 Å². The Morgan fingerprint density at radius 3 is 2.83 bits per heavy atom. The summed E-state index contributed by atoms with van der Waals surface area (Å²) in [6.07, 6.45) is 4.21. The van der Waals surface area contributed by atoms with Crippen LogP contribution in [0.3, 0.4) is 0 Å². The van der Waals surface area contributed by atoms with Crippen molar-refractivity contribution in [2.75, 3.05) is 30.9 Å². The predicted octanol–water partition coefficient (Wildman–Crippen LogP) is 3.25. The Morgan fingerprint density at radius 2 is 2.17 bits per heavy atom. The van der Waals surface area contributed by atoms with Crippen LogP contribution >= 0.6 is 23.4 Å². The lowest BCUT2D eigenvalue weighted by Crippen LogP contribution is -2.25. The van der Waals surface area contributed by atoms with E-state index in [-0.39, 0.29) is 5.91 Å². The number of unbranched alkanes of at least 4 members (excludes halogenated alkanes) is 1. The molecule has 0 bridgehead atoms. The highest BCUT2D eigenvalue weighted by atomic mass is 35.5. The van der Waals surface area contributed by atoms with E-state index in [9.17, 15) is 4.79 Å². The van der Waals surface area contributed by atoms with Gasteiger partial charge in [0.2, 0.25) is 0 Å². The van der Waals surface area contributed by atoms with E-state index >= 15 is 0 Å². The molecule has 0 fully saturated rings. The topological polar surface area (TPSA) is 41.1 Å². The van der Waals surface area contributed by atoms with Gasteiger partial charge in [0.25, 0.3) is 5.91 Å². The fraction of sp³-hybridized carbons (Fsp3) is 0.462. The minimum Gasteiger partial charge on any atom is -0.387 e. The summed E-state index contributed by atoms with van der Waals surface area (Å²) in [6.45, 7) is 0.703. The minimum atomic E-state index is -0.0778. The molecule has 1 amide bonds. The highest BCUT2D eigenvalue weighted by Crippen LogP contribution is 2.20. The molecule has 1 aromatic rings. The average Bonchev–Trinajstić information content (AvgIpc) is 2.38. The van der Waals surface area contributed by atoms with Gasteiger partial charge in [0.05, 0.1) is 5.56 Å². The second kappa shape index (κ2) is 8.27. The number of carbonyl (C=O) groups is 1. The fourth-order valence-corrected chi connectivity index (χ4v) is 2.26. The lowest BCUT2D eigenvalue weighted by molar-refractivity contribution is 0.0954. The Morgan fingerprint density at radius 1 is 1.39 bits per heavy atom. The number of anilines is 1. The molecule has 2 N–H and O–H groups in total. The fourth-order valence-electron chi connectivity index (χ4n) is 1.59. The number of nitrogens with one attached hydrogen (secondary N) is 2. The summed E-state index contributed by atoms with van der Waals surface area (Å²) < 4.78 is 0. The van der Waals surface area contributed by atoms with Gasteiger partial charge >= 0.3 is 0 Å². The van der Waals surface area contributed by atoms with Crippen LogP contribution < -0.4 is 10.6 Å². The van der Waals surface area contributed by atoms with Crippen molar-refractivity contribution < 1.29 is 4.79 Å². The molecule has 0 saturated carbocycles. The van der Waals surface area contributed by atoms with Crippen LogP contribution in [0.1, 0.15) is 23.2 Å². The molecule has 0 atom stereocenters. The van der Waals surface area contributed by atoms with Gasteiger partial charge in [-0.2, -0.15) is 11.8 Å². The monoisotopic (exact) mass is 286 g/mol. The first-order valence-electron chi connectivity index (χ1n) is 5.93. The SMILES string of the molecule is CNc1ccc(Cl)cc1C(=O)NCCCCSC. The second-order valence-corrected chi connectivity index (χ2v) is 5.32. The molecule has 0 saturated heterocycles. The van der Waals surface area contributed by atoms with Crippen molar-refractivity contribution in [1.29, 1.82) is 0 Å². The van der Waals surface area contributed by atoms with Crippen molar-refractivity contribution in [2.45, 2.75) is 12.8 Å². The zero-order chi connectivity index (χ0) is 13.4. The molecule has 0 spiro atoms. The summed E-state index contributed by atoms with van der Waals surface area (Å²) in [5, 5.41) is 6.48. The molecule has 3 nitrogen and oxygen atoms in total. The summed E-state index contributed by atoms with van der Waals surface area (Å²) in [5.74, 6) is 1.06. The van der Waals surface area contributed by atoms with Crippen LogP contribution in [0.25, 0.3) is 0 Å². The van der Waals surface area contributed by atoms with E-state index < -0.39 is 0 Å². The van der Waals surface area contributed by atoms with Crippen LogP contribution in [0.2, 0.25) is 5.02 Å². The van der Waals surface area contributed by atoms with Crippen molar-refractivity contribution in [1.82, 2.24) is 5.32 Å². The molecule has 0 unspecified atom stereocenters. The molecule has 1 rings (SSSR count). The van der Waals surface area contributed by atoms with Gasteiger partial charge in [-0.15, -0.1) is 0 Å². The van der Waals surface area contributed by atoms with Crippen LogP contribution in [-0.4, -0.2) is 31.5 Å². The van der Waals surface area contributed by atoms with Crippen LogP contribution in [0.5, 0.6) is 0 Å². The summed E-state index contributed by atoms with van der Waals surface area (Å²) in [4.78, 5) is 12.0. The van der Waals surface area contributed by atoms with Gasteiger partial charge in [0, 0.05) is 24.3 Å². The third-order valence-corrected chi connectivity index (χ3v) is 3.49. The number of halogens is 1. The maximum Gasteiger partial charge on any atom is 0.253 e. The maximum atomic E-state index is 12.0. The molecular formula is C13H19ClN2OS. The number of carbonyl (C=O) groups excluding carboxylic acids is 1. The molecule has 18 heavy (non-hydrogen) atoms. The zero-order valence-electron chi connectivity index (χ0n) is 10.8. The number of rotatable bonds is 7. The van der Waals surface area contributed by atoms with Gasteiger partial charge in [0.15, 0.2) is 0 Å². The first-order chi connectivity index (χ1) is 8.69. The summed E-state index contributed by atoms with van der Waals surface area (Å²) in [6, 6.07) is 5.26. The van der Waals surface area contributed by atoms with Crippen molar-refractivity contribution >= 4 is 35.0 Å². The molecule has 1 aromatic carbocycles. The lowest BCUT2D eigenvalue weighted by atomic mass is 10.1. The highest BCUT2D eigenvalue weighted by molar-refractivity contribution is 7.98. The third-order valence-electron chi connectivity index (χ3n) is 2.56. The molecule has 0 heterocycles. The van der Waals surface area contributed by atoms with Gasteiger partial charge in [-0.1, -0.05) is 11.6 Å². The highest BCUT2D eigenvalue weighted by Gasteiger charge is 2.10. The molecule has 0 aromatic heterocycles. The standard InChI is InChI=1S/C13H19ClN2OS/c1-15-12-6-5-10(14)9-11(12)13(17)16-7-3-4-8-18-2/h5-6,9,15H,3-4,7-8H2,1-2H3,(H,16,17). The molecule has 100 valence electrons. The average molecular weight is 287 g/mol. The van der Waals surface area contributed by atoms with Crippen LogP contribution in [0.15, 0.2) is 18.2 Å². The van der Waals surface area contributed by atoms with Gasteiger partial charge < -0.3 is 10.6 Å². The van der Waals surface area contributed by atoms with Crippen molar-refractivity contribution in [3.05, 3.63) is 28.8 Å². The first-order valence-corrected chi connectivity index (χ1v) is 7.70. The summed E-state index contributed by atoms with van der Waals surface area (Å²) in [7, 11) is 1.79. The maximum absolute atomic E-state index is 12.0. The number of benzene rings is 1. The molecule has 0 aliphatic heterocycles.